The van der Waals surface area contributed by atoms with Gasteiger partial charge in [0.15, 0.2) is 23.1 Å². The molecule has 1 aromatic rings. The molecule has 8 saturated heterocycles. The lowest BCUT2D eigenvalue weighted by Gasteiger charge is -2.36. The van der Waals surface area contributed by atoms with E-state index in [1.165, 1.54) is 93.9 Å². The normalized spacial score (nSPS) is 27.4. The van der Waals surface area contributed by atoms with Gasteiger partial charge in [-0.2, -0.15) is 0 Å². The van der Waals surface area contributed by atoms with Gasteiger partial charge in [0.05, 0.1) is 45.3 Å². The molecule has 0 bridgehead atoms. The van der Waals surface area contributed by atoms with E-state index in [0.717, 1.165) is 5.56 Å². The van der Waals surface area contributed by atoms with Gasteiger partial charge in [0, 0.05) is 156 Å². The fraction of sp³-hybridized carbons (Fsp3) is 0.764. The lowest BCUT2D eigenvalue weighted by Crippen LogP contribution is -2.59. The summed E-state index contributed by atoms with van der Waals surface area (Å²) in [5, 5.41) is 11.4. The number of ether oxygens (including phenoxy) is 2. The summed E-state index contributed by atoms with van der Waals surface area (Å²) in [7, 11) is 5.93. The number of hydrogen-bond acceptors (Lipinski definition) is 22. The maximum Gasteiger partial charge on any atom is 0.245 e. The third kappa shape index (κ3) is 35.8. The van der Waals surface area contributed by atoms with Crippen LogP contribution in [0.15, 0.2) is 30.3 Å². The minimum atomic E-state index is -1.09. The summed E-state index contributed by atoms with van der Waals surface area (Å²) in [4.78, 5) is 302. The second-order valence-electron chi connectivity index (χ2n) is 45.4. The molecule has 38 heteroatoms. The van der Waals surface area contributed by atoms with Crippen molar-refractivity contribution in [3.8, 4) is 0 Å². The van der Waals surface area contributed by atoms with Crippen molar-refractivity contribution in [3.05, 3.63) is 35.9 Å². The lowest BCUT2D eigenvalue weighted by atomic mass is 9.90. The molecule has 4 N–H and O–H groups in total. The van der Waals surface area contributed by atoms with Gasteiger partial charge in [-0.05, 0) is 203 Å². The van der Waals surface area contributed by atoms with Gasteiger partial charge in [-0.3, -0.25) is 95.9 Å². The van der Waals surface area contributed by atoms with E-state index in [-0.39, 0.29) is 218 Å². The van der Waals surface area contributed by atoms with E-state index >= 15 is 0 Å². The molecule has 8 fully saturated rings. The van der Waals surface area contributed by atoms with Crippen LogP contribution in [0, 0.1) is 71.0 Å². The summed E-state index contributed by atoms with van der Waals surface area (Å²) in [6.45, 7) is 32.9. The van der Waals surface area contributed by atoms with Gasteiger partial charge in [-0.15, -0.1) is 0 Å². The Morgan fingerprint density at radius 3 is 1.05 bits per heavy atom. The van der Waals surface area contributed by atoms with Crippen molar-refractivity contribution >= 4 is 118 Å². The zero-order chi connectivity index (χ0) is 110. The predicted octanol–water partition coefficient (Wildman–Crippen LogP) is 6.56. The van der Waals surface area contributed by atoms with Crippen LogP contribution in [-0.4, -0.2) is 383 Å². The van der Waals surface area contributed by atoms with Crippen molar-refractivity contribution in [2.45, 2.75) is 326 Å². The Labute approximate surface area is 877 Å². The lowest BCUT2D eigenvalue weighted by molar-refractivity contribution is -0.149. The molecule has 38 nitrogen and oxygen atoms in total. The molecule has 8 aliphatic rings. The molecule has 1 aromatic carbocycles. The number of carbonyl (C=O) groups is 20. The molecule has 0 radical (unpaired) electrons. The molecule has 0 aromatic heterocycles. The number of ketones is 4. The second kappa shape index (κ2) is 58.7. The van der Waals surface area contributed by atoms with Crippen molar-refractivity contribution in [1.82, 2.24) is 80.1 Å². The Balaban J connectivity index is 0.000000361. The van der Waals surface area contributed by atoms with Crippen LogP contribution in [0.3, 0.4) is 0 Å². The first-order valence-electron chi connectivity index (χ1n) is 54.8. The van der Waals surface area contributed by atoms with Crippen molar-refractivity contribution in [2.75, 3.05) is 146 Å². The number of amides is 16. The van der Waals surface area contributed by atoms with Crippen LogP contribution >= 0.6 is 0 Å². The van der Waals surface area contributed by atoms with E-state index in [9.17, 15) is 95.9 Å². The van der Waals surface area contributed by atoms with Gasteiger partial charge in [-0.1, -0.05) is 120 Å². The molecule has 148 heavy (non-hydrogen) atoms. The number of fused-ring (bicyclic) bond motifs is 4. The van der Waals surface area contributed by atoms with Gasteiger partial charge < -0.3 is 89.5 Å². The van der Waals surface area contributed by atoms with Gasteiger partial charge >= 0.3 is 0 Å². The standard InChI is InChI=1S/C57H88N8O11.C53H88N8O11/c1-10-62-36-51(69)58-46(27-38(4)5)54(72)61(9)35-50(68)59-47(28-39(6)7)55(73)65-23-15-19-49(65)57(75)63(32-41-20-24-76-25-21-41)34-45(67)30-42(26-37(2)3)52(70)60(8)33-44(66)31-43(29-40-16-12-11-13-17-40)53(71)64-22-14-18-48(64)56(62)74;1-13-58-31-46(64)54-41(25-33(4)5)50(68)57(12)37(10)47(65)55-42(26-34(6)7)51(69)61-21-15-17-44(61)53(71)59(29-38-18-22-72-23-19-38)30-40(62)28-39(24-32(2)3)49(67)56(11)36(9)45(63)27-35(8)48(66)60-20-14-16-43(60)52(58)70/h11-13,16-17,37-39,41-43,46-49H,10,14-15,18-36H2,1-9H3,(H,58,69)(H,59,68);32-39,41-44H,13-31H2,1-12H3,(H,54,64)(H,55,65)/t42-,43-,46+,47+,48-,49-;35-,36+,37+,39-,41+,42+,43-,44-/m11/s1. The van der Waals surface area contributed by atoms with E-state index in [2.05, 4.69) is 21.3 Å². The van der Waals surface area contributed by atoms with Crippen molar-refractivity contribution in [3.63, 3.8) is 0 Å². The van der Waals surface area contributed by atoms with Crippen molar-refractivity contribution in [1.29, 1.82) is 0 Å². The molecule has 0 spiro atoms. The number of Topliss-reactive ketones (excluding diaryl/α,β-unsaturated/α-hetero) is 4. The van der Waals surface area contributed by atoms with Gasteiger partial charge in [0.25, 0.3) is 0 Å². The monoisotopic (exact) mass is 2070 g/mol. The van der Waals surface area contributed by atoms with E-state index in [1.807, 2.05) is 113 Å². The molecule has 0 aliphatic carbocycles. The summed E-state index contributed by atoms with van der Waals surface area (Å²) in [6, 6.07) is -0.575. The van der Waals surface area contributed by atoms with Gasteiger partial charge in [0.1, 0.15) is 54.4 Å². The number of nitrogens with zero attached hydrogens (tertiary/aromatic N) is 12. The van der Waals surface area contributed by atoms with E-state index in [0.29, 0.717) is 116 Å². The number of hydrogen-bond donors (Lipinski definition) is 4. The van der Waals surface area contributed by atoms with Crippen LogP contribution in [-0.2, 0) is 112 Å². The molecular weight excluding hydrogens is 1900 g/mol. The summed E-state index contributed by atoms with van der Waals surface area (Å²) >= 11 is 0. The Hall–Kier alpha value is -10.7. The summed E-state index contributed by atoms with van der Waals surface area (Å²) in [6.07, 6.45) is 7.20. The maximum absolute atomic E-state index is 14.9. The van der Waals surface area contributed by atoms with E-state index in [1.54, 1.807) is 27.7 Å². The average molecular weight is 2070 g/mol. The Bertz CT molecular complexity index is 4730. The fourth-order valence-electron chi connectivity index (χ4n) is 22.0. The van der Waals surface area contributed by atoms with Crippen LogP contribution in [0.1, 0.15) is 265 Å². The molecule has 0 unspecified atom stereocenters. The van der Waals surface area contributed by atoms with Gasteiger partial charge in [-0.25, -0.2) is 0 Å². The highest BCUT2D eigenvalue weighted by Gasteiger charge is 2.48. The topological polar surface area (TPSA) is 447 Å². The predicted molar refractivity (Wildman–Crippen MR) is 556 cm³/mol. The molecule has 0 saturated carbocycles. The van der Waals surface area contributed by atoms with Crippen LogP contribution in [0.2, 0.25) is 0 Å². The quantitative estimate of drug-likeness (QED) is 0.107. The first kappa shape index (κ1) is 123. The molecule has 828 valence electrons. The SMILES string of the molecule is CCN1CC(=O)N[C@@H](CC(C)C)C(=O)N(C)CC(=O)N[C@@H](CC(C)C)C(=O)N2CCC[C@@H]2C(=O)N(CC2CCOCC2)CC(=O)C[C@@H](CC(C)C)C(=O)N(C)CC(=O)C[C@@H](Cc2ccccc2)C(=O)N2CCC[C@@H]2C1=O.CCN1CC(=O)N[C@@H](CC(C)C)C(=O)N(C)[C@@H](C)C(=O)N[C@@H](CC(C)C)C(=O)N2CCC[C@@H]2C(=O)N(CC2CCOCC2)CC(=O)C[C@@H](CC(C)C)C(=O)N(C)[C@@H](C)C(=O)C[C@@H](C)C(=O)N2CCC[C@@H]2C1=O. The highest BCUT2D eigenvalue weighted by molar-refractivity contribution is 6.02. The second-order valence-corrected chi connectivity index (χ2v) is 45.4. The van der Waals surface area contributed by atoms with Crippen molar-refractivity contribution < 1.29 is 105 Å². The minimum Gasteiger partial charge on any atom is -0.381 e. The minimum absolute atomic E-state index is 0.00347. The third-order valence-corrected chi connectivity index (χ3v) is 30.2. The molecule has 8 heterocycles. The third-order valence-electron chi connectivity index (χ3n) is 30.2. The molecular formula is C110H176N16O22. The van der Waals surface area contributed by atoms with E-state index < -0.39 is 181 Å². The first-order valence-corrected chi connectivity index (χ1v) is 54.8. The molecule has 9 rings (SSSR count). The average Bonchev–Trinajstić information content (AvgIpc) is 1.96. The maximum atomic E-state index is 14.9. The van der Waals surface area contributed by atoms with Crippen LogP contribution in [0.25, 0.3) is 0 Å². The molecule has 14 atom stereocenters. The Morgan fingerprint density at radius 1 is 0.318 bits per heavy atom. The van der Waals surface area contributed by atoms with E-state index in [4.69, 9.17) is 9.47 Å². The number of likely N-dealkylation sites (N-methyl/N-ethyl adjacent to an activating group) is 6. The summed E-state index contributed by atoms with van der Waals surface area (Å²) in [5.41, 5.74) is 0.809. The molecule has 8 aliphatic heterocycles. The number of carbonyl (C=O) groups excluding carboxylic acids is 20. The zero-order valence-electron chi connectivity index (χ0n) is 92.4. The number of benzene rings is 1. The first-order chi connectivity index (χ1) is 69.9. The Kier molecular flexibility index (Phi) is 48.6. The zero-order valence-corrected chi connectivity index (χ0v) is 92.4. The fourth-order valence-corrected chi connectivity index (χ4v) is 22.0. The Morgan fingerprint density at radius 2 is 0.649 bits per heavy atom. The highest BCUT2D eigenvalue weighted by Crippen LogP contribution is 2.34. The number of nitrogens with one attached hydrogen (secondary N) is 4. The summed E-state index contributed by atoms with van der Waals surface area (Å²) < 4.78 is 11.2. The summed E-state index contributed by atoms with van der Waals surface area (Å²) in [5.74, 6) is -12.5. The number of rotatable bonds is 20. The van der Waals surface area contributed by atoms with Crippen molar-refractivity contribution in [2.24, 2.45) is 71.0 Å². The van der Waals surface area contributed by atoms with Gasteiger partial charge in [0.2, 0.25) is 94.5 Å². The molecule has 16 amide bonds. The van der Waals surface area contributed by atoms with Crippen LogP contribution < -0.4 is 21.3 Å². The smallest absolute Gasteiger partial charge is 0.245 e. The van der Waals surface area contributed by atoms with Crippen LogP contribution in [0.5, 0.6) is 0 Å². The largest absolute Gasteiger partial charge is 0.381 e. The highest BCUT2D eigenvalue weighted by atomic mass is 16.5. The van der Waals surface area contributed by atoms with Crippen LogP contribution in [0.4, 0.5) is 0 Å².